The maximum atomic E-state index is 12.2. The van der Waals surface area contributed by atoms with Crippen molar-refractivity contribution in [2.24, 2.45) is 11.1 Å². The van der Waals surface area contributed by atoms with E-state index in [1.54, 1.807) is 24.3 Å². The van der Waals surface area contributed by atoms with Crippen molar-refractivity contribution in [1.29, 1.82) is 0 Å². The Balaban J connectivity index is 2.54. The Bertz CT molecular complexity index is 646. The molecule has 0 unspecified atom stereocenters. The van der Waals surface area contributed by atoms with Crippen molar-refractivity contribution in [2.75, 3.05) is 12.3 Å². The number of nitrogens with two attached hydrogens (primary N) is 1. The number of halogens is 1. The minimum Gasteiger partial charge on any atom is -0.481 e. The van der Waals surface area contributed by atoms with Gasteiger partial charge in [0.2, 0.25) is 0 Å². The highest BCUT2D eigenvalue weighted by Crippen LogP contribution is 2.62. The molecule has 1 saturated carbocycles. The third-order valence-corrected chi connectivity index (χ3v) is 6.50. The smallest absolute Gasteiger partial charge is 0.312 e. The predicted molar refractivity (Wildman–Crippen MR) is 76.6 cm³/mol. The van der Waals surface area contributed by atoms with Gasteiger partial charge in [-0.1, -0.05) is 30.7 Å². The number of carboxylic acids is 1. The minimum absolute atomic E-state index is 0.107. The van der Waals surface area contributed by atoms with E-state index in [-0.39, 0.29) is 12.3 Å². The van der Waals surface area contributed by atoms with Gasteiger partial charge in [-0.3, -0.25) is 4.79 Å². The van der Waals surface area contributed by atoms with Gasteiger partial charge in [-0.2, -0.15) is 0 Å². The Hall–Kier alpha value is -1.11. The van der Waals surface area contributed by atoms with E-state index in [9.17, 15) is 18.3 Å². The first kappa shape index (κ1) is 15.3. The maximum Gasteiger partial charge on any atom is 0.312 e. The summed E-state index contributed by atoms with van der Waals surface area (Å²) in [4.78, 5) is 11.6. The van der Waals surface area contributed by atoms with Crippen molar-refractivity contribution in [3.8, 4) is 0 Å². The van der Waals surface area contributed by atoms with Crippen LogP contribution in [0.4, 0.5) is 0 Å². The number of rotatable bonds is 5. The summed E-state index contributed by atoms with van der Waals surface area (Å²) in [6.45, 7) is 1.29. The van der Waals surface area contributed by atoms with Gasteiger partial charge in [-0.25, -0.2) is 8.42 Å². The SMILES string of the molecule is CCS(=O)(=O)[C@H]1[C@H](c2cccc(Cl)c2)[C@@]1(CN)C(=O)O. The number of sulfone groups is 1. The van der Waals surface area contributed by atoms with E-state index in [0.29, 0.717) is 10.6 Å². The van der Waals surface area contributed by atoms with Crippen LogP contribution in [0, 0.1) is 5.41 Å². The van der Waals surface area contributed by atoms with Crippen molar-refractivity contribution in [2.45, 2.75) is 18.1 Å². The van der Waals surface area contributed by atoms with Crippen molar-refractivity contribution < 1.29 is 18.3 Å². The van der Waals surface area contributed by atoms with Gasteiger partial charge in [0.25, 0.3) is 0 Å². The molecular formula is C13H16ClNO4S. The standard InChI is InChI=1S/C13H16ClNO4S/c1-2-20(18,19)11-10(13(11,7-15)12(16)17)8-4-3-5-9(14)6-8/h3-6,10-11H,2,7,15H2,1H3,(H,16,17)/t10-,11-,13+/m0/s1. The van der Waals surface area contributed by atoms with Crippen molar-refractivity contribution >= 4 is 27.4 Å². The van der Waals surface area contributed by atoms with Crippen LogP contribution in [0.5, 0.6) is 0 Å². The van der Waals surface area contributed by atoms with Gasteiger partial charge in [0.15, 0.2) is 9.84 Å². The Morgan fingerprint density at radius 1 is 1.50 bits per heavy atom. The summed E-state index contributed by atoms with van der Waals surface area (Å²) < 4.78 is 24.3. The monoisotopic (exact) mass is 317 g/mol. The first-order valence-corrected chi connectivity index (χ1v) is 8.31. The highest BCUT2D eigenvalue weighted by Gasteiger charge is 2.74. The second-order valence-electron chi connectivity index (χ2n) is 4.95. The number of hydrogen-bond acceptors (Lipinski definition) is 4. The highest BCUT2D eigenvalue weighted by atomic mass is 35.5. The van der Waals surface area contributed by atoms with Crippen LogP contribution < -0.4 is 5.73 Å². The molecule has 0 saturated heterocycles. The Labute approximate surface area is 122 Å². The molecule has 0 bridgehead atoms. The predicted octanol–water partition coefficient (Wildman–Crippen LogP) is 1.27. The summed E-state index contributed by atoms with van der Waals surface area (Å²) >= 11 is 5.90. The molecule has 0 aromatic heterocycles. The van der Waals surface area contributed by atoms with Crippen LogP contribution in [0.3, 0.4) is 0 Å². The summed E-state index contributed by atoms with van der Waals surface area (Å²) in [5, 5.41) is 8.91. The molecule has 3 atom stereocenters. The first-order chi connectivity index (χ1) is 9.31. The molecule has 0 radical (unpaired) electrons. The highest BCUT2D eigenvalue weighted by molar-refractivity contribution is 7.92. The normalized spacial score (nSPS) is 29.1. The van der Waals surface area contributed by atoms with E-state index >= 15 is 0 Å². The molecule has 0 amide bonds. The molecule has 0 heterocycles. The summed E-state index contributed by atoms with van der Waals surface area (Å²) in [6.07, 6.45) is 0. The van der Waals surface area contributed by atoms with E-state index in [1.165, 1.54) is 6.92 Å². The molecule has 1 fully saturated rings. The van der Waals surface area contributed by atoms with Crippen LogP contribution in [0.15, 0.2) is 24.3 Å². The fourth-order valence-corrected chi connectivity index (χ4v) is 5.15. The topological polar surface area (TPSA) is 97.5 Å². The third kappa shape index (κ3) is 2.12. The Morgan fingerprint density at radius 3 is 2.60 bits per heavy atom. The van der Waals surface area contributed by atoms with E-state index in [4.69, 9.17) is 17.3 Å². The second-order valence-corrected chi connectivity index (χ2v) is 7.80. The summed E-state index contributed by atoms with van der Waals surface area (Å²) in [5.74, 6) is -1.93. The maximum absolute atomic E-state index is 12.2. The number of aliphatic carboxylic acids is 1. The van der Waals surface area contributed by atoms with Crippen molar-refractivity contribution in [3.05, 3.63) is 34.9 Å². The average molecular weight is 318 g/mol. The molecule has 0 aliphatic heterocycles. The van der Waals surface area contributed by atoms with Crippen LogP contribution in [-0.4, -0.2) is 37.0 Å². The second kappa shape index (κ2) is 5.02. The molecule has 110 valence electrons. The van der Waals surface area contributed by atoms with E-state index in [0.717, 1.165) is 0 Å². The quantitative estimate of drug-likeness (QED) is 0.852. The zero-order chi connectivity index (χ0) is 15.1. The van der Waals surface area contributed by atoms with E-state index < -0.39 is 32.4 Å². The van der Waals surface area contributed by atoms with Crippen molar-refractivity contribution in [3.63, 3.8) is 0 Å². The lowest BCUT2D eigenvalue weighted by Crippen LogP contribution is -2.32. The fourth-order valence-electron chi connectivity index (χ4n) is 2.87. The van der Waals surface area contributed by atoms with Gasteiger partial charge < -0.3 is 10.8 Å². The van der Waals surface area contributed by atoms with Crippen LogP contribution in [-0.2, 0) is 14.6 Å². The first-order valence-electron chi connectivity index (χ1n) is 6.21. The number of benzene rings is 1. The van der Waals surface area contributed by atoms with Crippen LogP contribution >= 0.6 is 11.6 Å². The molecule has 1 aromatic carbocycles. The fraction of sp³-hybridized carbons (Fsp3) is 0.462. The molecule has 3 N–H and O–H groups in total. The van der Waals surface area contributed by atoms with E-state index in [2.05, 4.69) is 0 Å². The molecule has 7 heteroatoms. The lowest BCUT2D eigenvalue weighted by Gasteiger charge is -2.09. The molecule has 1 aliphatic carbocycles. The molecule has 0 spiro atoms. The van der Waals surface area contributed by atoms with Crippen molar-refractivity contribution in [1.82, 2.24) is 0 Å². The number of carbonyl (C=O) groups is 1. The zero-order valence-corrected chi connectivity index (χ0v) is 12.5. The largest absolute Gasteiger partial charge is 0.481 e. The van der Waals surface area contributed by atoms with Crippen LogP contribution in [0.1, 0.15) is 18.4 Å². The summed E-state index contributed by atoms with van der Waals surface area (Å²) in [6, 6.07) is 6.62. The van der Waals surface area contributed by atoms with Gasteiger partial charge in [0, 0.05) is 23.2 Å². The Morgan fingerprint density at radius 2 is 2.15 bits per heavy atom. The lowest BCUT2D eigenvalue weighted by atomic mass is 9.99. The molecule has 1 aromatic rings. The lowest BCUT2D eigenvalue weighted by molar-refractivity contribution is -0.143. The van der Waals surface area contributed by atoms with Gasteiger partial charge in [0.1, 0.15) is 5.41 Å². The minimum atomic E-state index is -3.50. The number of hydrogen-bond donors (Lipinski definition) is 2. The molecule has 20 heavy (non-hydrogen) atoms. The van der Waals surface area contributed by atoms with Gasteiger partial charge in [-0.15, -0.1) is 0 Å². The summed E-state index contributed by atoms with van der Waals surface area (Å²) in [5.41, 5.74) is 4.76. The zero-order valence-electron chi connectivity index (χ0n) is 10.9. The summed E-state index contributed by atoms with van der Waals surface area (Å²) in [7, 11) is -3.50. The van der Waals surface area contributed by atoms with Gasteiger partial charge in [0.05, 0.1) is 5.25 Å². The average Bonchev–Trinajstić information content (AvgIpc) is 3.10. The van der Waals surface area contributed by atoms with Crippen LogP contribution in [0.25, 0.3) is 0 Å². The molecule has 2 rings (SSSR count). The van der Waals surface area contributed by atoms with E-state index in [1.807, 2.05) is 0 Å². The molecule has 1 aliphatic rings. The number of carboxylic acid groups (broad SMARTS) is 1. The van der Waals surface area contributed by atoms with Gasteiger partial charge >= 0.3 is 5.97 Å². The van der Waals surface area contributed by atoms with Gasteiger partial charge in [-0.05, 0) is 17.7 Å². The molecule has 5 nitrogen and oxygen atoms in total. The molecular weight excluding hydrogens is 302 g/mol. The van der Waals surface area contributed by atoms with Crippen LogP contribution in [0.2, 0.25) is 5.02 Å². The Kier molecular flexibility index (Phi) is 3.83. The third-order valence-electron chi connectivity index (χ3n) is 3.99.